The second-order valence-electron chi connectivity index (χ2n) is 7.87. The average molecular weight is 360 g/mol. The Balaban J connectivity index is 1.71. The molecule has 1 N–H and O–H groups in total. The second kappa shape index (κ2) is 7.89. The summed E-state index contributed by atoms with van der Waals surface area (Å²) in [7, 11) is 0. The van der Waals surface area contributed by atoms with Crippen molar-refractivity contribution in [1.82, 2.24) is 10.2 Å². The highest BCUT2D eigenvalue weighted by Gasteiger charge is 2.34. The predicted molar refractivity (Wildman–Crippen MR) is 99.2 cm³/mol. The summed E-state index contributed by atoms with van der Waals surface area (Å²) in [6.45, 7) is 10.3. The van der Waals surface area contributed by atoms with Gasteiger partial charge < -0.3 is 15.0 Å². The van der Waals surface area contributed by atoms with Crippen LogP contribution in [0, 0.1) is 13.8 Å². The number of hydrogen-bond donors (Lipinski definition) is 1. The first-order valence-corrected chi connectivity index (χ1v) is 8.93. The Morgan fingerprint density at radius 3 is 2.35 bits per heavy atom. The Labute approximate surface area is 154 Å². The standard InChI is InChI=1S/C20H28N2O4/c1-13-6-7-15(10-14(13)2)17(23)8-9-18(24)21-16-11-22(12-16)19(25)26-20(3,4)5/h6-7,10,16H,8-9,11-12H2,1-5H3,(H,21,24). The van der Waals surface area contributed by atoms with Crippen LogP contribution < -0.4 is 5.32 Å². The minimum absolute atomic E-state index is 0.0350. The third kappa shape index (κ3) is 5.58. The molecule has 2 rings (SSSR count). The fraction of sp³-hybridized carbons (Fsp3) is 0.550. The van der Waals surface area contributed by atoms with Crippen molar-refractivity contribution >= 4 is 17.8 Å². The van der Waals surface area contributed by atoms with Crippen LogP contribution in [0.5, 0.6) is 0 Å². The largest absolute Gasteiger partial charge is 0.444 e. The smallest absolute Gasteiger partial charge is 0.410 e. The summed E-state index contributed by atoms with van der Waals surface area (Å²) in [5.74, 6) is -0.205. The summed E-state index contributed by atoms with van der Waals surface area (Å²) >= 11 is 0. The van der Waals surface area contributed by atoms with E-state index < -0.39 is 5.60 Å². The first-order chi connectivity index (χ1) is 12.0. The van der Waals surface area contributed by atoms with E-state index >= 15 is 0 Å². The summed E-state index contributed by atoms with van der Waals surface area (Å²) in [6, 6.07) is 5.50. The number of likely N-dealkylation sites (tertiary alicyclic amines) is 1. The maximum Gasteiger partial charge on any atom is 0.410 e. The van der Waals surface area contributed by atoms with Gasteiger partial charge in [0.05, 0.1) is 6.04 Å². The van der Waals surface area contributed by atoms with Crippen LogP contribution in [-0.2, 0) is 9.53 Å². The zero-order valence-electron chi connectivity index (χ0n) is 16.2. The van der Waals surface area contributed by atoms with Crippen LogP contribution in [0.25, 0.3) is 0 Å². The molecule has 6 nitrogen and oxygen atoms in total. The van der Waals surface area contributed by atoms with E-state index in [1.165, 1.54) is 0 Å². The number of nitrogens with zero attached hydrogens (tertiary/aromatic N) is 1. The normalized spacial score (nSPS) is 14.6. The number of carbonyl (C=O) groups is 3. The van der Waals surface area contributed by atoms with Crippen LogP contribution >= 0.6 is 0 Å². The molecule has 142 valence electrons. The van der Waals surface area contributed by atoms with Gasteiger partial charge in [-0.1, -0.05) is 12.1 Å². The maximum absolute atomic E-state index is 12.2. The van der Waals surface area contributed by atoms with Crippen molar-refractivity contribution in [2.24, 2.45) is 0 Å². The van der Waals surface area contributed by atoms with Gasteiger partial charge in [-0.3, -0.25) is 9.59 Å². The summed E-state index contributed by atoms with van der Waals surface area (Å²) in [4.78, 5) is 37.6. The van der Waals surface area contributed by atoms with Gasteiger partial charge in [-0.15, -0.1) is 0 Å². The molecule has 1 aliphatic rings. The number of nitrogens with one attached hydrogen (secondary N) is 1. The van der Waals surface area contributed by atoms with Crippen LogP contribution in [0.1, 0.15) is 55.1 Å². The van der Waals surface area contributed by atoms with Crippen molar-refractivity contribution in [2.75, 3.05) is 13.1 Å². The first kappa shape index (κ1) is 19.9. The van der Waals surface area contributed by atoms with Gasteiger partial charge in [-0.25, -0.2) is 4.79 Å². The van der Waals surface area contributed by atoms with Crippen molar-refractivity contribution in [2.45, 2.75) is 59.1 Å². The number of Topliss-reactive ketones (excluding diaryl/α,β-unsaturated/α-hetero) is 1. The molecule has 2 amide bonds. The average Bonchev–Trinajstić information content (AvgIpc) is 2.48. The summed E-state index contributed by atoms with van der Waals surface area (Å²) < 4.78 is 5.27. The minimum atomic E-state index is -0.528. The van der Waals surface area contributed by atoms with E-state index in [9.17, 15) is 14.4 Å². The van der Waals surface area contributed by atoms with E-state index in [0.29, 0.717) is 18.7 Å². The van der Waals surface area contributed by atoms with Gasteiger partial charge in [0.25, 0.3) is 0 Å². The van der Waals surface area contributed by atoms with Crippen LogP contribution in [0.15, 0.2) is 18.2 Å². The van der Waals surface area contributed by atoms with Gasteiger partial charge in [0.2, 0.25) is 5.91 Å². The summed E-state index contributed by atoms with van der Waals surface area (Å²) in [5, 5.41) is 2.85. The number of carbonyl (C=O) groups excluding carboxylic acids is 3. The highest BCUT2D eigenvalue weighted by atomic mass is 16.6. The molecule has 26 heavy (non-hydrogen) atoms. The fourth-order valence-corrected chi connectivity index (χ4v) is 2.63. The Hall–Kier alpha value is -2.37. The van der Waals surface area contributed by atoms with Gasteiger partial charge in [0.1, 0.15) is 5.60 Å². The van der Waals surface area contributed by atoms with Crippen molar-refractivity contribution < 1.29 is 19.1 Å². The van der Waals surface area contributed by atoms with E-state index in [0.717, 1.165) is 11.1 Å². The molecule has 0 bridgehead atoms. The Morgan fingerprint density at radius 2 is 1.77 bits per heavy atom. The van der Waals surface area contributed by atoms with E-state index in [1.807, 2.05) is 46.8 Å². The first-order valence-electron chi connectivity index (χ1n) is 8.93. The molecule has 1 aliphatic heterocycles. The molecule has 1 saturated heterocycles. The Bertz CT molecular complexity index is 700. The lowest BCUT2D eigenvalue weighted by atomic mass is 10.0. The molecule has 0 unspecified atom stereocenters. The lowest BCUT2D eigenvalue weighted by molar-refractivity contribution is -0.123. The number of ether oxygens (including phenoxy) is 1. The highest BCUT2D eigenvalue weighted by molar-refractivity contribution is 5.98. The molecule has 0 radical (unpaired) electrons. The molecule has 1 heterocycles. The molecule has 1 fully saturated rings. The van der Waals surface area contributed by atoms with Gasteiger partial charge in [0.15, 0.2) is 5.78 Å². The van der Waals surface area contributed by atoms with Crippen LogP contribution in [0.4, 0.5) is 4.79 Å². The molecule has 0 aliphatic carbocycles. The van der Waals surface area contributed by atoms with Crippen molar-refractivity contribution in [1.29, 1.82) is 0 Å². The van der Waals surface area contributed by atoms with E-state index in [1.54, 1.807) is 11.0 Å². The maximum atomic E-state index is 12.2. The van der Waals surface area contributed by atoms with Crippen LogP contribution in [0.2, 0.25) is 0 Å². The lowest BCUT2D eigenvalue weighted by Gasteiger charge is -2.39. The summed E-state index contributed by atoms with van der Waals surface area (Å²) in [5.41, 5.74) is 2.32. The third-order valence-corrected chi connectivity index (χ3v) is 4.31. The minimum Gasteiger partial charge on any atom is -0.444 e. The number of rotatable bonds is 5. The summed E-state index contributed by atoms with van der Waals surface area (Å²) in [6.07, 6.45) is -0.0427. The van der Waals surface area contributed by atoms with Gasteiger partial charge in [-0.2, -0.15) is 0 Å². The van der Waals surface area contributed by atoms with Gasteiger partial charge in [-0.05, 0) is 51.8 Å². The fourth-order valence-electron chi connectivity index (χ4n) is 2.63. The molecule has 0 aromatic heterocycles. The van der Waals surface area contributed by atoms with Gasteiger partial charge in [0, 0.05) is 31.5 Å². The monoisotopic (exact) mass is 360 g/mol. The van der Waals surface area contributed by atoms with E-state index in [2.05, 4.69) is 5.32 Å². The van der Waals surface area contributed by atoms with Gasteiger partial charge >= 0.3 is 6.09 Å². The molecule has 1 aromatic carbocycles. The highest BCUT2D eigenvalue weighted by Crippen LogP contribution is 2.16. The third-order valence-electron chi connectivity index (χ3n) is 4.31. The molecule has 0 saturated carbocycles. The molecule has 1 aromatic rings. The van der Waals surface area contributed by atoms with Crippen LogP contribution in [-0.4, -0.2) is 47.4 Å². The van der Waals surface area contributed by atoms with Crippen molar-refractivity contribution in [3.05, 3.63) is 34.9 Å². The van der Waals surface area contributed by atoms with Crippen molar-refractivity contribution in [3.8, 4) is 0 Å². The number of hydrogen-bond acceptors (Lipinski definition) is 4. The molecular weight excluding hydrogens is 332 g/mol. The number of amides is 2. The van der Waals surface area contributed by atoms with E-state index in [4.69, 9.17) is 4.74 Å². The molecule has 0 spiro atoms. The molecule has 6 heteroatoms. The van der Waals surface area contributed by atoms with Crippen LogP contribution in [0.3, 0.4) is 0 Å². The number of ketones is 1. The lowest BCUT2D eigenvalue weighted by Crippen LogP contribution is -2.61. The quantitative estimate of drug-likeness (QED) is 0.819. The van der Waals surface area contributed by atoms with E-state index in [-0.39, 0.29) is 36.7 Å². The number of benzene rings is 1. The zero-order valence-corrected chi connectivity index (χ0v) is 16.2. The predicted octanol–water partition coefficient (Wildman–Crippen LogP) is 3.00. The Morgan fingerprint density at radius 1 is 1.12 bits per heavy atom. The molecule has 0 atom stereocenters. The number of aryl methyl sites for hydroxylation is 2. The topological polar surface area (TPSA) is 75.7 Å². The molecular formula is C20H28N2O4. The SMILES string of the molecule is Cc1ccc(C(=O)CCC(=O)NC2CN(C(=O)OC(C)(C)C)C2)cc1C. The zero-order chi connectivity index (χ0) is 19.5. The second-order valence-corrected chi connectivity index (χ2v) is 7.87. The van der Waals surface area contributed by atoms with Crippen molar-refractivity contribution in [3.63, 3.8) is 0 Å². The Kier molecular flexibility index (Phi) is 6.05.